The van der Waals surface area contributed by atoms with Crippen LogP contribution in [0.15, 0.2) is 54.6 Å². The summed E-state index contributed by atoms with van der Waals surface area (Å²) in [6, 6.07) is 14.8. The average Bonchev–Trinajstić information content (AvgIpc) is 2.63. The van der Waals surface area contributed by atoms with E-state index in [0.29, 0.717) is 28.9 Å². The lowest BCUT2D eigenvalue weighted by molar-refractivity contribution is 0.102. The van der Waals surface area contributed by atoms with Crippen molar-refractivity contribution in [3.8, 4) is 0 Å². The number of amides is 1. The van der Waals surface area contributed by atoms with Crippen LogP contribution in [0.25, 0.3) is 0 Å². The maximum absolute atomic E-state index is 13.0. The molecule has 5 nitrogen and oxygen atoms in total. The van der Waals surface area contributed by atoms with E-state index in [4.69, 9.17) is 11.6 Å². The number of nitrogens with zero attached hydrogens (tertiary/aromatic N) is 2. The van der Waals surface area contributed by atoms with Gasteiger partial charge in [-0.1, -0.05) is 23.7 Å². The molecule has 0 bridgehead atoms. The van der Waals surface area contributed by atoms with Gasteiger partial charge < -0.3 is 10.6 Å². The van der Waals surface area contributed by atoms with Crippen molar-refractivity contribution in [1.29, 1.82) is 0 Å². The third-order valence-electron chi connectivity index (χ3n) is 3.77. The fourth-order valence-electron chi connectivity index (χ4n) is 2.50. The predicted molar refractivity (Wildman–Crippen MR) is 105 cm³/mol. The molecule has 138 valence electrons. The van der Waals surface area contributed by atoms with Crippen molar-refractivity contribution in [2.24, 2.45) is 0 Å². The SMILES string of the molecule is Cc1cc(C(=O)Nc2ccc(F)cc2)nc(NCCc2cccc(Cl)c2)n1. The number of benzene rings is 2. The van der Waals surface area contributed by atoms with Crippen molar-refractivity contribution < 1.29 is 9.18 Å². The first-order valence-electron chi connectivity index (χ1n) is 8.40. The van der Waals surface area contributed by atoms with Gasteiger partial charge in [-0.05, 0) is 61.4 Å². The number of aryl methyl sites for hydroxylation is 1. The Labute approximate surface area is 161 Å². The van der Waals surface area contributed by atoms with Gasteiger partial charge in [-0.3, -0.25) is 4.79 Å². The highest BCUT2D eigenvalue weighted by atomic mass is 35.5. The molecule has 3 aromatic rings. The van der Waals surface area contributed by atoms with Crippen LogP contribution >= 0.6 is 11.6 Å². The Morgan fingerprint density at radius 3 is 2.63 bits per heavy atom. The Morgan fingerprint density at radius 2 is 1.89 bits per heavy atom. The zero-order valence-electron chi connectivity index (χ0n) is 14.7. The van der Waals surface area contributed by atoms with Gasteiger partial charge in [0.2, 0.25) is 5.95 Å². The first kappa shape index (κ1) is 18.8. The average molecular weight is 385 g/mol. The van der Waals surface area contributed by atoms with Crippen LogP contribution in [0.3, 0.4) is 0 Å². The molecule has 0 saturated carbocycles. The van der Waals surface area contributed by atoms with Crippen molar-refractivity contribution in [2.45, 2.75) is 13.3 Å². The predicted octanol–water partition coefficient (Wildman–Crippen LogP) is 4.48. The zero-order chi connectivity index (χ0) is 19.2. The molecule has 1 aromatic heterocycles. The molecular weight excluding hydrogens is 367 g/mol. The van der Waals surface area contributed by atoms with E-state index in [1.807, 2.05) is 24.3 Å². The van der Waals surface area contributed by atoms with Crippen LogP contribution in [0.2, 0.25) is 5.02 Å². The summed E-state index contributed by atoms with van der Waals surface area (Å²) in [5.41, 5.74) is 2.49. The molecule has 0 aliphatic rings. The topological polar surface area (TPSA) is 66.9 Å². The Morgan fingerprint density at radius 1 is 1.11 bits per heavy atom. The van der Waals surface area contributed by atoms with Gasteiger partial charge in [0.05, 0.1) is 0 Å². The molecule has 2 N–H and O–H groups in total. The minimum atomic E-state index is -0.384. The van der Waals surface area contributed by atoms with Gasteiger partial charge in [0.15, 0.2) is 0 Å². The third-order valence-corrected chi connectivity index (χ3v) is 4.01. The molecule has 3 rings (SSSR count). The molecule has 0 unspecified atom stereocenters. The van der Waals surface area contributed by atoms with Crippen LogP contribution in [0, 0.1) is 12.7 Å². The van der Waals surface area contributed by atoms with Gasteiger partial charge in [0.1, 0.15) is 11.5 Å². The Hall–Kier alpha value is -2.99. The fourth-order valence-corrected chi connectivity index (χ4v) is 2.72. The van der Waals surface area contributed by atoms with Crippen molar-refractivity contribution in [2.75, 3.05) is 17.2 Å². The number of nitrogens with one attached hydrogen (secondary N) is 2. The molecule has 1 heterocycles. The molecule has 0 atom stereocenters. The van der Waals surface area contributed by atoms with E-state index in [2.05, 4.69) is 20.6 Å². The summed E-state index contributed by atoms with van der Waals surface area (Å²) in [6.07, 6.45) is 0.745. The molecule has 7 heteroatoms. The second kappa shape index (κ2) is 8.60. The normalized spacial score (nSPS) is 10.5. The van der Waals surface area contributed by atoms with Gasteiger partial charge >= 0.3 is 0 Å². The maximum Gasteiger partial charge on any atom is 0.274 e. The molecule has 0 radical (unpaired) electrons. The number of carbonyl (C=O) groups excluding carboxylic acids is 1. The Bertz CT molecular complexity index is 947. The lowest BCUT2D eigenvalue weighted by Crippen LogP contribution is -2.17. The summed E-state index contributed by atoms with van der Waals surface area (Å²) in [5, 5.41) is 6.51. The monoisotopic (exact) mass is 384 g/mol. The Balaban J connectivity index is 1.64. The van der Waals surface area contributed by atoms with Gasteiger partial charge in [0.25, 0.3) is 5.91 Å². The number of hydrogen-bond donors (Lipinski definition) is 2. The first-order valence-corrected chi connectivity index (χ1v) is 8.78. The summed E-state index contributed by atoms with van der Waals surface area (Å²) >= 11 is 5.98. The molecule has 0 fully saturated rings. The number of anilines is 2. The summed E-state index contributed by atoms with van der Waals surface area (Å²) in [6.45, 7) is 2.39. The van der Waals surface area contributed by atoms with Crippen molar-refractivity contribution in [3.63, 3.8) is 0 Å². The smallest absolute Gasteiger partial charge is 0.274 e. The van der Waals surface area contributed by atoms with Crippen molar-refractivity contribution in [3.05, 3.63) is 82.4 Å². The molecule has 0 spiro atoms. The minimum absolute atomic E-state index is 0.233. The highest BCUT2D eigenvalue weighted by molar-refractivity contribution is 6.30. The van der Waals surface area contributed by atoms with Crippen LogP contribution in [0.5, 0.6) is 0 Å². The zero-order valence-corrected chi connectivity index (χ0v) is 15.4. The largest absolute Gasteiger partial charge is 0.354 e. The van der Waals surface area contributed by atoms with Gasteiger partial charge in [-0.25, -0.2) is 14.4 Å². The molecule has 0 aliphatic heterocycles. The number of aromatic nitrogens is 2. The lowest BCUT2D eigenvalue weighted by Gasteiger charge is -2.09. The fraction of sp³-hybridized carbons (Fsp3) is 0.150. The lowest BCUT2D eigenvalue weighted by atomic mass is 10.1. The molecule has 27 heavy (non-hydrogen) atoms. The summed E-state index contributed by atoms with van der Waals surface area (Å²) in [5.74, 6) is -0.372. The third kappa shape index (κ3) is 5.49. The second-order valence-electron chi connectivity index (χ2n) is 5.99. The Kier molecular flexibility index (Phi) is 5.98. The van der Waals surface area contributed by atoms with E-state index in [-0.39, 0.29) is 17.4 Å². The molecule has 2 aromatic carbocycles. The number of rotatable bonds is 6. The highest BCUT2D eigenvalue weighted by Gasteiger charge is 2.11. The molecule has 0 saturated heterocycles. The highest BCUT2D eigenvalue weighted by Crippen LogP contribution is 2.13. The minimum Gasteiger partial charge on any atom is -0.354 e. The van der Waals surface area contributed by atoms with Crippen molar-refractivity contribution >= 4 is 29.1 Å². The van der Waals surface area contributed by atoms with Gasteiger partial charge in [0, 0.05) is 22.9 Å². The molecule has 1 amide bonds. The van der Waals surface area contributed by atoms with Crippen molar-refractivity contribution in [1.82, 2.24) is 9.97 Å². The summed E-state index contributed by atoms with van der Waals surface area (Å²) in [4.78, 5) is 21.0. The summed E-state index contributed by atoms with van der Waals surface area (Å²) in [7, 11) is 0. The van der Waals surface area contributed by atoms with Crippen LogP contribution in [0.4, 0.5) is 16.0 Å². The van der Waals surface area contributed by atoms with Crippen LogP contribution in [0.1, 0.15) is 21.7 Å². The van der Waals surface area contributed by atoms with E-state index in [0.717, 1.165) is 12.0 Å². The molecule has 0 aliphatic carbocycles. The van der Waals surface area contributed by atoms with E-state index in [1.165, 1.54) is 24.3 Å². The van der Waals surface area contributed by atoms with E-state index < -0.39 is 0 Å². The summed E-state index contributed by atoms with van der Waals surface area (Å²) < 4.78 is 13.0. The molecular formula is C20H18ClFN4O. The van der Waals surface area contributed by atoms with Crippen LogP contribution in [-0.2, 0) is 6.42 Å². The maximum atomic E-state index is 13.0. The van der Waals surface area contributed by atoms with E-state index in [1.54, 1.807) is 13.0 Å². The van der Waals surface area contributed by atoms with E-state index in [9.17, 15) is 9.18 Å². The quantitative estimate of drug-likeness (QED) is 0.657. The standard InChI is InChI=1S/C20H18ClFN4O/c1-13-11-18(19(27)25-17-7-5-16(22)6-8-17)26-20(24-13)23-10-9-14-3-2-4-15(21)12-14/h2-8,11-12H,9-10H2,1H3,(H,25,27)(H,23,24,26). The van der Waals surface area contributed by atoms with E-state index >= 15 is 0 Å². The second-order valence-corrected chi connectivity index (χ2v) is 6.42. The van der Waals surface area contributed by atoms with Gasteiger partial charge in [-0.15, -0.1) is 0 Å². The number of hydrogen-bond acceptors (Lipinski definition) is 4. The van der Waals surface area contributed by atoms with Crippen LogP contribution < -0.4 is 10.6 Å². The number of halogens is 2. The first-order chi connectivity index (χ1) is 13.0. The van der Waals surface area contributed by atoms with Crippen LogP contribution in [-0.4, -0.2) is 22.4 Å². The van der Waals surface area contributed by atoms with Gasteiger partial charge in [-0.2, -0.15) is 0 Å². The number of carbonyl (C=O) groups is 1.